The van der Waals surface area contributed by atoms with Crippen molar-refractivity contribution in [3.05, 3.63) is 60.7 Å². The third kappa shape index (κ3) is 4.57. The molecule has 27 heavy (non-hydrogen) atoms. The highest BCUT2D eigenvalue weighted by molar-refractivity contribution is 5.66. The minimum Gasteiger partial charge on any atom is -0.381 e. The number of hydrogen-bond acceptors (Lipinski definition) is 6. The first-order valence-electron chi connectivity index (χ1n) is 8.90. The lowest BCUT2D eigenvalue weighted by Crippen LogP contribution is -2.15. The van der Waals surface area contributed by atoms with Crippen molar-refractivity contribution in [2.24, 2.45) is 5.92 Å². The minimum absolute atomic E-state index is 0.296. The lowest BCUT2D eigenvalue weighted by Gasteiger charge is -2.11. The summed E-state index contributed by atoms with van der Waals surface area (Å²) in [5, 5.41) is 6.39. The Kier molecular flexibility index (Phi) is 5.20. The minimum atomic E-state index is -0.296. The molecule has 138 valence electrons. The second-order valence-electron chi connectivity index (χ2n) is 6.44. The van der Waals surface area contributed by atoms with Gasteiger partial charge in [-0.3, -0.25) is 0 Å². The standard InChI is InChI=1S/C20H20FN5O/c21-16-2-1-3-17(11-16)25-19-10-15(4-7-22-19)18-5-8-23-20(26-18)24-12-14-6-9-27-13-14/h1-5,7-8,10-11,14H,6,9,12-13H2,(H,22,25)(H,23,24,26). The molecular formula is C20H20FN5O. The molecule has 1 fully saturated rings. The predicted molar refractivity (Wildman–Crippen MR) is 102 cm³/mol. The SMILES string of the molecule is Fc1cccc(Nc2cc(-c3ccnc(NCC4CCOC4)n3)ccn2)c1. The molecule has 0 aliphatic carbocycles. The summed E-state index contributed by atoms with van der Waals surface area (Å²) in [7, 11) is 0. The number of anilines is 3. The van der Waals surface area contributed by atoms with Crippen LogP contribution in [0.15, 0.2) is 54.9 Å². The van der Waals surface area contributed by atoms with Crippen molar-refractivity contribution in [1.29, 1.82) is 0 Å². The van der Waals surface area contributed by atoms with Crippen molar-refractivity contribution < 1.29 is 9.13 Å². The number of nitrogens with zero attached hydrogens (tertiary/aromatic N) is 3. The third-order valence-electron chi connectivity index (χ3n) is 4.38. The predicted octanol–water partition coefficient (Wildman–Crippen LogP) is 3.87. The number of hydrogen-bond donors (Lipinski definition) is 2. The Labute approximate surface area is 156 Å². The normalized spacial score (nSPS) is 16.3. The Bertz CT molecular complexity index is 914. The van der Waals surface area contributed by atoms with E-state index in [1.807, 2.05) is 18.2 Å². The van der Waals surface area contributed by atoms with Crippen LogP contribution in [0.3, 0.4) is 0 Å². The van der Waals surface area contributed by atoms with E-state index in [0.29, 0.717) is 23.4 Å². The second kappa shape index (κ2) is 8.09. The monoisotopic (exact) mass is 365 g/mol. The van der Waals surface area contributed by atoms with E-state index < -0.39 is 0 Å². The largest absolute Gasteiger partial charge is 0.381 e. The fraction of sp³-hybridized carbons (Fsp3) is 0.250. The zero-order valence-corrected chi connectivity index (χ0v) is 14.7. The molecule has 3 heterocycles. The molecule has 3 aromatic rings. The number of ether oxygens (including phenoxy) is 1. The molecule has 1 saturated heterocycles. The molecule has 0 saturated carbocycles. The molecular weight excluding hydrogens is 345 g/mol. The first kappa shape index (κ1) is 17.4. The van der Waals surface area contributed by atoms with Crippen LogP contribution in [0.2, 0.25) is 0 Å². The molecule has 4 rings (SSSR count). The van der Waals surface area contributed by atoms with E-state index in [1.165, 1.54) is 12.1 Å². The van der Waals surface area contributed by atoms with E-state index in [1.54, 1.807) is 24.5 Å². The van der Waals surface area contributed by atoms with Crippen molar-refractivity contribution in [2.45, 2.75) is 6.42 Å². The van der Waals surface area contributed by atoms with Gasteiger partial charge in [-0.1, -0.05) is 6.07 Å². The lowest BCUT2D eigenvalue weighted by molar-refractivity contribution is 0.187. The molecule has 1 atom stereocenters. The number of aromatic nitrogens is 3. The number of halogens is 1. The summed E-state index contributed by atoms with van der Waals surface area (Å²) in [6, 6.07) is 11.9. The zero-order chi connectivity index (χ0) is 18.5. The first-order chi connectivity index (χ1) is 13.3. The Morgan fingerprint density at radius 3 is 2.89 bits per heavy atom. The van der Waals surface area contributed by atoms with Gasteiger partial charge in [-0.25, -0.2) is 19.3 Å². The molecule has 0 spiro atoms. The topological polar surface area (TPSA) is 72.0 Å². The molecule has 1 unspecified atom stereocenters. The number of rotatable bonds is 6. The van der Waals surface area contributed by atoms with Gasteiger partial charge in [-0.15, -0.1) is 0 Å². The van der Waals surface area contributed by atoms with Crippen LogP contribution in [-0.4, -0.2) is 34.7 Å². The second-order valence-corrected chi connectivity index (χ2v) is 6.44. The van der Waals surface area contributed by atoms with E-state index in [4.69, 9.17) is 4.74 Å². The smallest absolute Gasteiger partial charge is 0.223 e. The first-order valence-corrected chi connectivity index (χ1v) is 8.90. The van der Waals surface area contributed by atoms with Gasteiger partial charge in [0.2, 0.25) is 5.95 Å². The van der Waals surface area contributed by atoms with Gasteiger partial charge in [-0.05, 0) is 42.8 Å². The highest BCUT2D eigenvalue weighted by Gasteiger charge is 2.15. The molecule has 1 aliphatic heterocycles. The summed E-state index contributed by atoms with van der Waals surface area (Å²) in [6.07, 6.45) is 4.49. The molecule has 2 N–H and O–H groups in total. The molecule has 0 amide bonds. The quantitative estimate of drug-likeness (QED) is 0.691. The van der Waals surface area contributed by atoms with Crippen LogP contribution < -0.4 is 10.6 Å². The molecule has 1 aliphatic rings. The Morgan fingerprint density at radius 1 is 1.11 bits per heavy atom. The van der Waals surface area contributed by atoms with Gasteiger partial charge < -0.3 is 15.4 Å². The summed E-state index contributed by atoms with van der Waals surface area (Å²) >= 11 is 0. The van der Waals surface area contributed by atoms with Gasteiger partial charge in [0.25, 0.3) is 0 Å². The summed E-state index contributed by atoms with van der Waals surface area (Å²) in [5.41, 5.74) is 2.34. The van der Waals surface area contributed by atoms with E-state index >= 15 is 0 Å². The average Bonchev–Trinajstić information content (AvgIpc) is 3.21. The van der Waals surface area contributed by atoms with Gasteiger partial charge in [0.05, 0.1) is 12.3 Å². The lowest BCUT2D eigenvalue weighted by atomic mass is 10.1. The molecule has 7 heteroatoms. The van der Waals surface area contributed by atoms with Gasteiger partial charge in [0.1, 0.15) is 11.6 Å². The summed E-state index contributed by atoms with van der Waals surface area (Å²) in [4.78, 5) is 13.2. The molecule has 6 nitrogen and oxygen atoms in total. The maximum atomic E-state index is 13.4. The Balaban J connectivity index is 1.48. The number of nitrogens with one attached hydrogen (secondary N) is 2. The zero-order valence-electron chi connectivity index (χ0n) is 14.7. The van der Waals surface area contributed by atoms with Crippen molar-refractivity contribution in [1.82, 2.24) is 15.0 Å². The van der Waals surface area contributed by atoms with E-state index in [2.05, 4.69) is 25.6 Å². The van der Waals surface area contributed by atoms with Crippen LogP contribution in [0.25, 0.3) is 11.3 Å². The fourth-order valence-corrected chi connectivity index (χ4v) is 2.96. The van der Waals surface area contributed by atoms with Crippen LogP contribution in [-0.2, 0) is 4.74 Å². The summed E-state index contributed by atoms with van der Waals surface area (Å²) in [6.45, 7) is 2.41. The average molecular weight is 365 g/mol. The van der Waals surface area contributed by atoms with Gasteiger partial charge in [0.15, 0.2) is 0 Å². The third-order valence-corrected chi connectivity index (χ3v) is 4.38. The number of benzene rings is 1. The van der Waals surface area contributed by atoms with Gasteiger partial charge >= 0.3 is 0 Å². The molecule has 0 bridgehead atoms. The van der Waals surface area contributed by atoms with Gasteiger partial charge in [0, 0.05) is 42.7 Å². The molecule has 2 aromatic heterocycles. The van der Waals surface area contributed by atoms with Crippen molar-refractivity contribution >= 4 is 17.5 Å². The van der Waals surface area contributed by atoms with E-state index in [-0.39, 0.29) is 5.82 Å². The van der Waals surface area contributed by atoms with Crippen LogP contribution in [0, 0.1) is 11.7 Å². The highest BCUT2D eigenvalue weighted by atomic mass is 19.1. The van der Waals surface area contributed by atoms with Crippen molar-refractivity contribution in [3.63, 3.8) is 0 Å². The maximum Gasteiger partial charge on any atom is 0.223 e. The fourth-order valence-electron chi connectivity index (χ4n) is 2.96. The summed E-state index contributed by atoms with van der Waals surface area (Å²) < 4.78 is 18.7. The van der Waals surface area contributed by atoms with Crippen LogP contribution >= 0.6 is 0 Å². The van der Waals surface area contributed by atoms with Crippen LogP contribution in [0.1, 0.15) is 6.42 Å². The summed E-state index contributed by atoms with van der Waals surface area (Å²) in [5.74, 6) is 1.42. The Hall–Kier alpha value is -3.06. The highest BCUT2D eigenvalue weighted by Crippen LogP contribution is 2.22. The van der Waals surface area contributed by atoms with Crippen LogP contribution in [0.5, 0.6) is 0 Å². The van der Waals surface area contributed by atoms with E-state index in [9.17, 15) is 4.39 Å². The van der Waals surface area contributed by atoms with Gasteiger partial charge in [-0.2, -0.15) is 0 Å². The van der Waals surface area contributed by atoms with Crippen molar-refractivity contribution in [3.8, 4) is 11.3 Å². The number of pyridine rings is 1. The van der Waals surface area contributed by atoms with Crippen LogP contribution in [0.4, 0.5) is 21.8 Å². The maximum absolute atomic E-state index is 13.4. The van der Waals surface area contributed by atoms with Crippen molar-refractivity contribution in [2.75, 3.05) is 30.4 Å². The molecule has 1 aromatic carbocycles. The van der Waals surface area contributed by atoms with E-state index in [0.717, 1.165) is 37.4 Å². The molecule has 0 radical (unpaired) electrons. The Morgan fingerprint density at radius 2 is 2.04 bits per heavy atom.